The number of rotatable bonds is 6. The lowest BCUT2D eigenvalue weighted by Gasteiger charge is -2.14. The number of benzene rings is 2. The molecule has 0 spiro atoms. The molecule has 156 valence electrons. The van der Waals surface area contributed by atoms with E-state index < -0.39 is 0 Å². The SMILES string of the molecule is CCOC(=O)c1ccc(-c2ccc(-c3ccc(F)cc3)n2Cc2cccc(N)n2)cc1. The fourth-order valence-electron chi connectivity index (χ4n) is 3.50. The van der Waals surface area contributed by atoms with Gasteiger partial charge in [-0.1, -0.05) is 18.2 Å². The summed E-state index contributed by atoms with van der Waals surface area (Å²) in [7, 11) is 0. The van der Waals surface area contributed by atoms with Gasteiger partial charge >= 0.3 is 5.97 Å². The number of hydrogen-bond acceptors (Lipinski definition) is 4. The number of anilines is 1. The van der Waals surface area contributed by atoms with E-state index in [0.717, 1.165) is 28.2 Å². The first-order valence-electron chi connectivity index (χ1n) is 9.99. The molecule has 2 aromatic heterocycles. The smallest absolute Gasteiger partial charge is 0.338 e. The van der Waals surface area contributed by atoms with Crippen molar-refractivity contribution in [3.63, 3.8) is 0 Å². The molecule has 2 N–H and O–H groups in total. The van der Waals surface area contributed by atoms with E-state index in [4.69, 9.17) is 10.5 Å². The monoisotopic (exact) mass is 415 g/mol. The number of carbonyl (C=O) groups excluding carboxylic acids is 1. The molecule has 4 rings (SSSR count). The van der Waals surface area contributed by atoms with Crippen LogP contribution in [0.3, 0.4) is 0 Å². The van der Waals surface area contributed by atoms with Crippen LogP contribution in [0, 0.1) is 5.82 Å². The molecule has 2 aromatic carbocycles. The molecule has 2 heterocycles. The third kappa shape index (κ3) is 4.48. The molecule has 0 bridgehead atoms. The Labute approximate surface area is 179 Å². The van der Waals surface area contributed by atoms with E-state index in [1.165, 1.54) is 12.1 Å². The maximum Gasteiger partial charge on any atom is 0.338 e. The predicted molar refractivity (Wildman–Crippen MR) is 119 cm³/mol. The molecule has 0 amide bonds. The maximum absolute atomic E-state index is 13.5. The number of nitrogens with zero attached hydrogens (tertiary/aromatic N) is 2. The number of nitrogen functional groups attached to an aromatic ring is 1. The van der Waals surface area contributed by atoms with Crippen LogP contribution in [0.4, 0.5) is 10.2 Å². The van der Waals surface area contributed by atoms with Gasteiger partial charge in [-0.05, 0) is 78.7 Å². The number of carbonyl (C=O) groups is 1. The molecular formula is C25H22FN3O2. The second-order valence-corrected chi connectivity index (χ2v) is 7.05. The summed E-state index contributed by atoms with van der Waals surface area (Å²) in [6.07, 6.45) is 0. The molecule has 0 aliphatic rings. The Morgan fingerprint density at radius 2 is 1.55 bits per heavy atom. The highest BCUT2D eigenvalue weighted by Gasteiger charge is 2.14. The summed E-state index contributed by atoms with van der Waals surface area (Å²) in [5.41, 5.74) is 10.9. The van der Waals surface area contributed by atoms with Crippen LogP contribution in [0.15, 0.2) is 78.9 Å². The van der Waals surface area contributed by atoms with Gasteiger partial charge in [0.15, 0.2) is 0 Å². The highest BCUT2D eigenvalue weighted by Crippen LogP contribution is 2.30. The van der Waals surface area contributed by atoms with Crippen LogP contribution < -0.4 is 5.73 Å². The van der Waals surface area contributed by atoms with Gasteiger partial charge in [-0.3, -0.25) is 0 Å². The molecule has 0 saturated heterocycles. The van der Waals surface area contributed by atoms with Crippen LogP contribution in [0.5, 0.6) is 0 Å². The Balaban J connectivity index is 1.77. The molecule has 0 atom stereocenters. The van der Waals surface area contributed by atoms with Gasteiger partial charge in [-0.15, -0.1) is 0 Å². The summed E-state index contributed by atoms with van der Waals surface area (Å²) < 4.78 is 20.6. The van der Waals surface area contributed by atoms with Crippen molar-refractivity contribution in [1.82, 2.24) is 9.55 Å². The van der Waals surface area contributed by atoms with Crippen LogP contribution in [-0.4, -0.2) is 22.1 Å². The number of ether oxygens (including phenoxy) is 1. The zero-order valence-corrected chi connectivity index (χ0v) is 17.1. The van der Waals surface area contributed by atoms with E-state index in [1.54, 1.807) is 37.3 Å². The van der Waals surface area contributed by atoms with Crippen molar-refractivity contribution in [2.75, 3.05) is 12.3 Å². The fraction of sp³-hybridized carbons (Fsp3) is 0.120. The Morgan fingerprint density at radius 1 is 0.935 bits per heavy atom. The van der Waals surface area contributed by atoms with Gasteiger partial charge in [0, 0.05) is 11.4 Å². The lowest BCUT2D eigenvalue weighted by atomic mass is 10.1. The molecular weight excluding hydrogens is 393 g/mol. The first-order valence-corrected chi connectivity index (χ1v) is 9.99. The van der Waals surface area contributed by atoms with Gasteiger partial charge < -0.3 is 15.0 Å². The number of halogens is 1. The van der Waals surface area contributed by atoms with Crippen molar-refractivity contribution < 1.29 is 13.9 Å². The summed E-state index contributed by atoms with van der Waals surface area (Å²) in [6.45, 7) is 2.60. The average Bonchev–Trinajstić information content (AvgIpc) is 3.18. The molecule has 31 heavy (non-hydrogen) atoms. The Kier molecular flexibility index (Phi) is 5.80. The van der Waals surface area contributed by atoms with E-state index in [0.29, 0.717) is 24.5 Å². The standard InChI is InChI=1S/C25H22FN3O2/c1-2-31-25(30)19-8-6-17(7-9-19)22-14-15-23(18-10-12-20(26)13-11-18)29(22)16-21-4-3-5-24(27)28-21/h3-15H,2,16H2,1H3,(H2,27,28). The van der Waals surface area contributed by atoms with Crippen molar-refractivity contribution in [3.05, 3.63) is 95.9 Å². The van der Waals surface area contributed by atoms with Gasteiger partial charge in [0.25, 0.3) is 0 Å². The minimum absolute atomic E-state index is 0.283. The molecule has 4 aromatic rings. The van der Waals surface area contributed by atoms with E-state index in [1.807, 2.05) is 36.4 Å². The number of esters is 1. The predicted octanol–water partition coefficient (Wildman–Crippen LogP) is 5.16. The fourth-order valence-corrected chi connectivity index (χ4v) is 3.50. The van der Waals surface area contributed by atoms with Gasteiger partial charge in [-0.25, -0.2) is 14.2 Å². The van der Waals surface area contributed by atoms with Crippen molar-refractivity contribution in [2.24, 2.45) is 0 Å². The van der Waals surface area contributed by atoms with Crippen LogP contribution in [-0.2, 0) is 11.3 Å². The second kappa shape index (κ2) is 8.83. The first kappa shape index (κ1) is 20.3. The summed E-state index contributed by atoms with van der Waals surface area (Å²) in [5.74, 6) is -0.178. The molecule has 0 aliphatic carbocycles. The minimum atomic E-state index is -0.347. The lowest BCUT2D eigenvalue weighted by molar-refractivity contribution is 0.0526. The van der Waals surface area contributed by atoms with Gasteiger partial charge in [-0.2, -0.15) is 0 Å². The first-order chi connectivity index (χ1) is 15.0. The average molecular weight is 415 g/mol. The van der Waals surface area contributed by atoms with E-state index in [2.05, 4.69) is 9.55 Å². The summed E-state index contributed by atoms with van der Waals surface area (Å²) in [4.78, 5) is 16.4. The third-order valence-electron chi connectivity index (χ3n) is 4.96. The van der Waals surface area contributed by atoms with Crippen LogP contribution in [0.25, 0.3) is 22.5 Å². The van der Waals surface area contributed by atoms with Crippen LogP contribution in [0.2, 0.25) is 0 Å². The van der Waals surface area contributed by atoms with Crippen LogP contribution in [0.1, 0.15) is 23.0 Å². The zero-order chi connectivity index (χ0) is 21.8. The summed E-state index contributed by atoms with van der Waals surface area (Å²) >= 11 is 0. The van der Waals surface area contributed by atoms with Crippen LogP contribution >= 0.6 is 0 Å². The molecule has 6 heteroatoms. The Bertz CT molecular complexity index is 1200. The van der Waals surface area contributed by atoms with Gasteiger partial charge in [0.2, 0.25) is 0 Å². The van der Waals surface area contributed by atoms with Crippen molar-refractivity contribution in [1.29, 1.82) is 0 Å². The summed E-state index contributed by atoms with van der Waals surface area (Å²) in [6, 6.07) is 23.2. The molecule has 0 saturated carbocycles. The lowest BCUT2D eigenvalue weighted by Crippen LogP contribution is -2.07. The topological polar surface area (TPSA) is 70.1 Å². The number of aromatic nitrogens is 2. The number of hydrogen-bond donors (Lipinski definition) is 1. The summed E-state index contributed by atoms with van der Waals surface area (Å²) in [5, 5.41) is 0. The van der Waals surface area contributed by atoms with Crippen molar-refractivity contribution in [3.8, 4) is 22.5 Å². The largest absolute Gasteiger partial charge is 0.462 e. The molecule has 0 radical (unpaired) electrons. The van der Waals surface area contributed by atoms with E-state index in [9.17, 15) is 9.18 Å². The third-order valence-corrected chi connectivity index (χ3v) is 4.96. The normalized spacial score (nSPS) is 10.8. The van der Waals surface area contributed by atoms with Crippen molar-refractivity contribution in [2.45, 2.75) is 13.5 Å². The minimum Gasteiger partial charge on any atom is -0.462 e. The van der Waals surface area contributed by atoms with Gasteiger partial charge in [0.1, 0.15) is 11.6 Å². The quantitative estimate of drug-likeness (QED) is 0.442. The highest BCUT2D eigenvalue weighted by atomic mass is 19.1. The van der Waals surface area contributed by atoms with E-state index in [-0.39, 0.29) is 11.8 Å². The highest BCUT2D eigenvalue weighted by molar-refractivity contribution is 5.90. The molecule has 0 aliphatic heterocycles. The Hall–Kier alpha value is -3.93. The second-order valence-electron chi connectivity index (χ2n) is 7.05. The molecule has 5 nitrogen and oxygen atoms in total. The molecule has 0 unspecified atom stereocenters. The number of pyridine rings is 1. The van der Waals surface area contributed by atoms with Crippen molar-refractivity contribution >= 4 is 11.8 Å². The van der Waals surface area contributed by atoms with E-state index >= 15 is 0 Å². The molecule has 0 fully saturated rings. The maximum atomic E-state index is 13.5. The van der Waals surface area contributed by atoms with Gasteiger partial charge in [0.05, 0.1) is 24.4 Å². The zero-order valence-electron chi connectivity index (χ0n) is 17.1. The Morgan fingerprint density at radius 3 is 2.13 bits per heavy atom. The number of nitrogens with two attached hydrogens (primary N) is 1.